The molecule has 0 aliphatic heterocycles. The van der Waals surface area contributed by atoms with Crippen LogP contribution in [0.1, 0.15) is 24.3 Å². The molecule has 3 aromatic rings. The number of rotatable bonds is 3. The number of carbonyl (C=O) groups is 1. The molecule has 0 radical (unpaired) electrons. The number of H-pyrrole nitrogens is 1. The lowest BCUT2D eigenvalue weighted by atomic mass is 9.93. The van der Waals surface area contributed by atoms with Crippen LogP contribution >= 0.6 is 0 Å². The molecule has 2 fully saturated rings. The van der Waals surface area contributed by atoms with Crippen LogP contribution in [0.5, 0.6) is 0 Å². The Bertz CT molecular complexity index is 920. The first-order valence-corrected chi connectivity index (χ1v) is 8.84. The maximum absolute atomic E-state index is 12.5. The summed E-state index contributed by atoms with van der Waals surface area (Å²) < 4.78 is 0. The van der Waals surface area contributed by atoms with Gasteiger partial charge >= 0.3 is 6.03 Å². The molecule has 2 aliphatic carbocycles. The van der Waals surface area contributed by atoms with Crippen LogP contribution in [-0.4, -0.2) is 22.3 Å². The SMILES string of the molecule is O=C(Nc1cccc2[nH]ncc12)N[C@@H]1C[C@H](c2ccccc2)[C@@H]2C[C@@H]21. The standard InChI is InChI=1S/C20H20N4O/c25-20(22-17-7-4-8-18-16(17)11-21-24-18)23-19-10-13(14-9-15(14)19)12-5-2-1-3-6-12/h1-8,11,13-15,19H,9-10H2,(H,21,24)(H2,22,23,25)/t13-,14+,15+,19-/m1/s1. The van der Waals surface area contributed by atoms with E-state index in [9.17, 15) is 4.79 Å². The van der Waals surface area contributed by atoms with Crippen molar-refractivity contribution in [2.75, 3.05) is 5.32 Å². The van der Waals surface area contributed by atoms with Gasteiger partial charge in [0.2, 0.25) is 0 Å². The molecule has 5 rings (SSSR count). The highest BCUT2D eigenvalue weighted by molar-refractivity contribution is 6.00. The Labute approximate surface area is 145 Å². The van der Waals surface area contributed by atoms with E-state index in [1.807, 2.05) is 18.2 Å². The molecule has 0 bridgehead atoms. The van der Waals surface area contributed by atoms with Gasteiger partial charge in [0.15, 0.2) is 0 Å². The summed E-state index contributed by atoms with van der Waals surface area (Å²) in [6.07, 6.45) is 3.99. The summed E-state index contributed by atoms with van der Waals surface area (Å²) in [5.41, 5.74) is 3.11. The van der Waals surface area contributed by atoms with Crippen molar-refractivity contribution < 1.29 is 4.79 Å². The van der Waals surface area contributed by atoms with Crippen molar-refractivity contribution in [3.05, 3.63) is 60.3 Å². The monoisotopic (exact) mass is 332 g/mol. The number of fused-ring (bicyclic) bond motifs is 2. The third-order valence-electron chi connectivity index (χ3n) is 5.71. The van der Waals surface area contributed by atoms with Gasteiger partial charge in [0.25, 0.3) is 0 Å². The quantitative estimate of drug-likeness (QED) is 0.681. The molecule has 1 heterocycles. The van der Waals surface area contributed by atoms with E-state index in [4.69, 9.17) is 0 Å². The van der Waals surface area contributed by atoms with E-state index in [0.717, 1.165) is 28.9 Å². The number of hydrogen-bond acceptors (Lipinski definition) is 2. The minimum Gasteiger partial charge on any atom is -0.335 e. The molecule has 4 atom stereocenters. The van der Waals surface area contributed by atoms with Gasteiger partial charge in [-0.3, -0.25) is 5.10 Å². The molecular formula is C20H20N4O. The summed E-state index contributed by atoms with van der Waals surface area (Å²) in [6.45, 7) is 0. The number of anilines is 1. The number of benzene rings is 2. The van der Waals surface area contributed by atoms with Gasteiger partial charge in [-0.2, -0.15) is 5.10 Å². The first kappa shape index (κ1) is 14.5. The molecule has 3 N–H and O–H groups in total. The van der Waals surface area contributed by atoms with Crippen molar-refractivity contribution in [3.63, 3.8) is 0 Å². The lowest BCUT2D eigenvalue weighted by Crippen LogP contribution is -2.38. The first-order chi connectivity index (χ1) is 12.3. The molecular weight excluding hydrogens is 312 g/mol. The number of nitrogens with one attached hydrogen (secondary N) is 3. The Kier molecular flexibility index (Phi) is 3.26. The van der Waals surface area contributed by atoms with Crippen molar-refractivity contribution in [1.82, 2.24) is 15.5 Å². The van der Waals surface area contributed by atoms with Gasteiger partial charge in [-0.15, -0.1) is 0 Å². The van der Waals surface area contributed by atoms with Crippen LogP contribution < -0.4 is 10.6 Å². The highest BCUT2D eigenvalue weighted by atomic mass is 16.2. The molecule has 5 nitrogen and oxygen atoms in total. The molecule has 5 heteroatoms. The fourth-order valence-corrected chi connectivity index (χ4v) is 4.44. The zero-order valence-electron chi connectivity index (χ0n) is 13.8. The fourth-order valence-electron chi connectivity index (χ4n) is 4.44. The Morgan fingerprint density at radius 1 is 1.04 bits per heavy atom. The van der Waals surface area contributed by atoms with Gasteiger partial charge in [-0.05, 0) is 48.3 Å². The summed E-state index contributed by atoms with van der Waals surface area (Å²) in [6, 6.07) is 16.6. The minimum atomic E-state index is -0.127. The second-order valence-electron chi connectivity index (χ2n) is 7.16. The van der Waals surface area contributed by atoms with E-state index >= 15 is 0 Å². The van der Waals surface area contributed by atoms with Crippen molar-refractivity contribution >= 4 is 22.6 Å². The molecule has 1 aromatic heterocycles. The van der Waals surface area contributed by atoms with Gasteiger partial charge in [0.1, 0.15) is 0 Å². The molecule has 25 heavy (non-hydrogen) atoms. The number of urea groups is 1. The molecule has 0 spiro atoms. The molecule has 2 amide bonds. The molecule has 2 aliphatic rings. The van der Waals surface area contributed by atoms with Crippen LogP contribution in [0.3, 0.4) is 0 Å². The average molecular weight is 332 g/mol. The summed E-state index contributed by atoms with van der Waals surface area (Å²) in [7, 11) is 0. The van der Waals surface area contributed by atoms with E-state index in [2.05, 4.69) is 51.2 Å². The molecule has 2 aromatic carbocycles. The second-order valence-corrected chi connectivity index (χ2v) is 7.16. The van der Waals surface area contributed by atoms with Crippen molar-refractivity contribution in [2.45, 2.75) is 24.8 Å². The van der Waals surface area contributed by atoms with E-state index in [1.165, 1.54) is 12.0 Å². The van der Waals surface area contributed by atoms with Crippen LogP contribution in [0.2, 0.25) is 0 Å². The Balaban J connectivity index is 1.27. The van der Waals surface area contributed by atoms with Crippen molar-refractivity contribution in [1.29, 1.82) is 0 Å². The zero-order chi connectivity index (χ0) is 16.8. The average Bonchev–Trinajstić information content (AvgIpc) is 3.12. The topological polar surface area (TPSA) is 69.8 Å². The fraction of sp³-hybridized carbons (Fsp3) is 0.300. The number of aromatic nitrogens is 2. The van der Waals surface area contributed by atoms with Gasteiger partial charge < -0.3 is 10.6 Å². The first-order valence-electron chi connectivity index (χ1n) is 8.84. The summed E-state index contributed by atoms with van der Waals surface area (Å²) in [5.74, 6) is 1.93. The Morgan fingerprint density at radius 2 is 1.92 bits per heavy atom. The second kappa shape index (κ2) is 5.62. The summed E-state index contributed by atoms with van der Waals surface area (Å²) >= 11 is 0. The van der Waals surface area contributed by atoms with Gasteiger partial charge in [0, 0.05) is 11.4 Å². The normalized spacial score (nSPS) is 27.0. The van der Waals surface area contributed by atoms with E-state index in [-0.39, 0.29) is 12.1 Å². The number of aromatic amines is 1. The number of carbonyl (C=O) groups excluding carboxylic acids is 1. The summed E-state index contributed by atoms with van der Waals surface area (Å²) in [4.78, 5) is 12.5. The molecule has 0 saturated heterocycles. The van der Waals surface area contributed by atoms with Gasteiger partial charge in [0.05, 0.1) is 17.4 Å². The predicted octanol–water partition coefficient (Wildman–Crippen LogP) is 3.88. The lowest BCUT2D eigenvalue weighted by Gasteiger charge is -2.18. The maximum atomic E-state index is 12.5. The largest absolute Gasteiger partial charge is 0.335 e. The lowest BCUT2D eigenvalue weighted by molar-refractivity contribution is 0.247. The van der Waals surface area contributed by atoms with Crippen LogP contribution in [0.4, 0.5) is 10.5 Å². The molecule has 0 unspecified atom stereocenters. The van der Waals surface area contributed by atoms with Gasteiger partial charge in [-0.25, -0.2) is 4.79 Å². The van der Waals surface area contributed by atoms with E-state index in [1.54, 1.807) is 6.20 Å². The zero-order valence-corrected chi connectivity index (χ0v) is 13.8. The Morgan fingerprint density at radius 3 is 2.80 bits per heavy atom. The number of hydrogen-bond donors (Lipinski definition) is 3. The Hall–Kier alpha value is -2.82. The van der Waals surface area contributed by atoms with E-state index in [0.29, 0.717) is 11.8 Å². The highest BCUT2D eigenvalue weighted by Gasteiger charge is 2.54. The third-order valence-corrected chi connectivity index (χ3v) is 5.71. The minimum absolute atomic E-state index is 0.127. The number of amides is 2. The van der Waals surface area contributed by atoms with E-state index < -0.39 is 0 Å². The third kappa shape index (κ3) is 2.56. The predicted molar refractivity (Wildman–Crippen MR) is 97.4 cm³/mol. The van der Waals surface area contributed by atoms with Gasteiger partial charge in [-0.1, -0.05) is 36.4 Å². The molecule has 2 saturated carbocycles. The van der Waals surface area contributed by atoms with Crippen LogP contribution in [0.15, 0.2) is 54.7 Å². The maximum Gasteiger partial charge on any atom is 0.319 e. The number of nitrogens with zero attached hydrogens (tertiary/aromatic N) is 1. The van der Waals surface area contributed by atoms with Crippen LogP contribution in [0.25, 0.3) is 10.9 Å². The highest BCUT2D eigenvalue weighted by Crippen LogP contribution is 2.59. The molecule has 126 valence electrons. The smallest absolute Gasteiger partial charge is 0.319 e. The van der Waals surface area contributed by atoms with Crippen LogP contribution in [0, 0.1) is 11.8 Å². The van der Waals surface area contributed by atoms with Crippen molar-refractivity contribution in [2.24, 2.45) is 11.8 Å². The van der Waals surface area contributed by atoms with Crippen LogP contribution in [-0.2, 0) is 0 Å². The summed E-state index contributed by atoms with van der Waals surface area (Å²) in [5, 5.41) is 14.1. The van der Waals surface area contributed by atoms with Crippen molar-refractivity contribution in [3.8, 4) is 0 Å².